The number of hydrogen-bond acceptors (Lipinski definition) is 0. The summed E-state index contributed by atoms with van der Waals surface area (Å²) in [5.74, 6) is 0. The second kappa shape index (κ2) is 11.8. The molecule has 11 aromatic rings. The van der Waals surface area contributed by atoms with Crippen molar-refractivity contribution in [1.29, 1.82) is 0 Å². The Morgan fingerprint density at radius 1 is 0.345 bits per heavy atom. The molecule has 0 spiro atoms. The van der Waals surface area contributed by atoms with E-state index in [1.165, 1.54) is 10.8 Å². The fraction of sp³-hybridized carbons (Fsp3) is 0. The van der Waals surface area contributed by atoms with Crippen LogP contribution in [-0.4, -0.2) is 13.7 Å². The molecular formula is C50H29N5. The number of nitrogens with zero attached hydrogens (tertiary/aromatic N) is 5. The molecule has 8 aromatic carbocycles. The summed E-state index contributed by atoms with van der Waals surface area (Å²) in [6.07, 6.45) is 0. The van der Waals surface area contributed by atoms with Crippen molar-refractivity contribution in [1.82, 2.24) is 13.7 Å². The molecule has 0 aliphatic carbocycles. The van der Waals surface area contributed by atoms with Gasteiger partial charge in [-0.1, -0.05) is 121 Å². The largest absolute Gasteiger partial charge is 0.318 e. The van der Waals surface area contributed by atoms with Gasteiger partial charge in [-0.15, -0.1) is 0 Å². The molecule has 5 nitrogen and oxygen atoms in total. The Kier molecular flexibility index (Phi) is 6.61. The Morgan fingerprint density at radius 2 is 0.855 bits per heavy atom. The molecule has 0 amide bonds. The van der Waals surface area contributed by atoms with E-state index >= 15 is 0 Å². The molecule has 55 heavy (non-hydrogen) atoms. The van der Waals surface area contributed by atoms with Crippen LogP contribution in [0.4, 0.5) is 11.4 Å². The average molecular weight is 700 g/mol. The van der Waals surface area contributed by atoms with Gasteiger partial charge in [0.2, 0.25) is 5.69 Å². The highest BCUT2D eigenvalue weighted by molar-refractivity contribution is 6.17. The molecule has 0 radical (unpaired) electrons. The monoisotopic (exact) mass is 699 g/mol. The van der Waals surface area contributed by atoms with Crippen LogP contribution in [0.2, 0.25) is 0 Å². The average Bonchev–Trinajstić information content (AvgIpc) is 3.89. The molecular weight excluding hydrogens is 671 g/mol. The predicted octanol–water partition coefficient (Wildman–Crippen LogP) is 13.7. The van der Waals surface area contributed by atoms with E-state index in [-0.39, 0.29) is 0 Å². The molecule has 0 aliphatic rings. The number of aromatic nitrogens is 3. The van der Waals surface area contributed by atoms with E-state index in [9.17, 15) is 0 Å². The highest BCUT2D eigenvalue weighted by Gasteiger charge is 2.22. The summed E-state index contributed by atoms with van der Waals surface area (Å²) in [6.45, 7) is 16.5. The van der Waals surface area contributed by atoms with Crippen molar-refractivity contribution < 1.29 is 0 Å². The minimum atomic E-state index is 0.556. The van der Waals surface area contributed by atoms with Gasteiger partial charge in [-0.05, 0) is 71.1 Å². The summed E-state index contributed by atoms with van der Waals surface area (Å²) in [7, 11) is 0. The van der Waals surface area contributed by atoms with Gasteiger partial charge in [-0.25, -0.2) is 9.69 Å². The Labute approximate surface area is 316 Å². The Bertz CT molecular complexity index is 3420. The molecule has 254 valence electrons. The molecule has 0 aliphatic heterocycles. The summed E-state index contributed by atoms with van der Waals surface area (Å²) in [4.78, 5) is 8.09. The highest BCUT2D eigenvalue weighted by atomic mass is 15.0. The van der Waals surface area contributed by atoms with Crippen LogP contribution in [0.1, 0.15) is 0 Å². The van der Waals surface area contributed by atoms with Crippen LogP contribution < -0.4 is 0 Å². The van der Waals surface area contributed by atoms with Gasteiger partial charge in [0.05, 0.1) is 57.6 Å². The molecule has 0 fully saturated rings. The zero-order valence-corrected chi connectivity index (χ0v) is 29.5. The van der Waals surface area contributed by atoms with Gasteiger partial charge >= 0.3 is 0 Å². The normalized spacial score (nSPS) is 11.6. The molecule has 0 atom stereocenters. The minimum absolute atomic E-state index is 0.556. The lowest BCUT2D eigenvalue weighted by Gasteiger charge is -2.17. The molecule has 0 unspecified atom stereocenters. The van der Waals surface area contributed by atoms with Gasteiger partial charge in [0.1, 0.15) is 0 Å². The fourth-order valence-corrected chi connectivity index (χ4v) is 8.86. The van der Waals surface area contributed by atoms with Gasteiger partial charge in [-0.3, -0.25) is 0 Å². The standard InChI is InChI=1S/C50H29N5/c1-51-40-21-13-20-38-37-18-6-11-25-45(37)55(50(38)40)44-24-10-3-15-34(44)33-30-29-32(31-41(33)52-2)53-46-26-12-7-19-39(46)49-47(53)27-14-28-48(49)54-42-22-8-4-16-35(42)36-17-5-9-23-43(36)54/h3-31H. The maximum absolute atomic E-state index is 8.50. The van der Waals surface area contributed by atoms with Gasteiger partial charge in [-0.2, -0.15) is 0 Å². The molecule has 11 rings (SSSR count). The summed E-state index contributed by atoms with van der Waals surface area (Å²) < 4.78 is 6.88. The van der Waals surface area contributed by atoms with Gasteiger partial charge in [0, 0.05) is 32.6 Å². The summed E-state index contributed by atoms with van der Waals surface area (Å²) in [6, 6.07) is 61.0. The van der Waals surface area contributed by atoms with Crippen molar-refractivity contribution >= 4 is 76.8 Å². The lowest BCUT2D eigenvalue weighted by atomic mass is 10.0. The van der Waals surface area contributed by atoms with Crippen LogP contribution in [0.3, 0.4) is 0 Å². The predicted molar refractivity (Wildman–Crippen MR) is 227 cm³/mol. The molecule has 0 saturated carbocycles. The van der Waals surface area contributed by atoms with E-state index in [0.717, 1.165) is 82.8 Å². The van der Waals surface area contributed by atoms with Crippen molar-refractivity contribution in [2.75, 3.05) is 0 Å². The first-order valence-electron chi connectivity index (χ1n) is 18.3. The number of hydrogen-bond donors (Lipinski definition) is 0. The molecule has 5 heteroatoms. The SMILES string of the molecule is [C-]#[N+]c1cc(-n2c3ccccc3c3c(-n4c5ccccc5c5ccccc54)cccc32)ccc1-c1ccccc1-n1c2ccccc2c2cccc([N+]#[C-])c21. The lowest BCUT2D eigenvalue weighted by Crippen LogP contribution is -1.98. The van der Waals surface area contributed by atoms with Crippen LogP contribution in [-0.2, 0) is 0 Å². The zero-order valence-electron chi connectivity index (χ0n) is 29.5. The summed E-state index contributed by atoms with van der Waals surface area (Å²) in [5, 5.41) is 6.88. The maximum Gasteiger partial charge on any atom is 0.211 e. The first-order chi connectivity index (χ1) is 27.2. The number of para-hydroxylation sites is 6. The first kappa shape index (κ1) is 30.7. The van der Waals surface area contributed by atoms with E-state index in [0.29, 0.717) is 11.4 Å². The third-order valence-corrected chi connectivity index (χ3v) is 11.1. The third-order valence-electron chi connectivity index (χ3n) is 11.1. The third kappa shape index (κ3) is 4.33. The van der Waals surface area contributed by atoms with E-state index in [2.05, 4.69) is 157 Å². The maximum atomic E-state index is 8.50. The second-order valence-corrected chi connectivity index (χ2v) is 13.9. The first-order valence-corrected chi connectivity index (χ1v) is 18.3. The number of benzene rings is 8. The molecule has 0 bridgehead atoms. The highest BCUT2D eigenvalue weighted by Crippen LogP contribution is 2.44. The van der Waals surface area contributed by atoms with Gasteiger partial charge < -0.3 is 13.7 Å². The molecule has 3 heterocycles. The van der Waals surface area contributed by atoms with Crippen molar-refractivity contribution in [2.45, 2.75) is 0 Å². The van der Waals surface area contributed by atoms with E-state index < -0.39 is 0 Å². The van der Waals surface area contributed by atoms with Gasteiger partial charge in [0.15, 0.2) is 5.69 Å². The molecule has 0 saturated heterocycles. The fourth-order valence-electron chi connectivity index (χ4n) is 8.86. The summed E-state index contributed by atoms with van der Waals surface area (Å²) >= 11 is 0. The Morgan fingerprint density at radius 3 is 1.55 bits per heavy atom. The number of fused-ring (bicyclic) bond motifs is 9. The lowest BCUT2D eigenvalue weighted by molar-refractivity contribution is 1.17. The quantitative estimate of drug-likeness (QED) is 0.163. The van der Waals surface area contributed by atoms with E-state index in [1.807, 2.05) is 42.5 Å². The number of rotatable bonds is 4. The van der Waals surface area contributed by atoms with Crippen LogP contribution >= 0.6 is 0 Å². The second-order valence-electron chi connectivity index (χ2n) is 13.9. The van der Waals surface area contributed by atoms with Crippen LogP contribution in [0, 0.1) is 13.1 Å². The van der Waals surface area contributed by atoms with Crippen molar-refractivity contribution in [3.63, 3.8) is 0 Å². The van der Waals surface area contributed by atoms with E-state index in [4.69, 9.17) is 13.1 Å². The van der Waals surface area contributed by atoms with E-state index in [1.54, 1.807) is 0 Å². The van der Waals surface area contributed by atoms with Crippen molar-refractivity contribution in [3.8, 4) is 28.2 Å². The minimum Gasteiger partial charge on any atom is -0.318 e. The van der Waals surface area contributed by atoms with Gasteiger partial charge in [0.25, 0.3) is 0 Å². The smallest absolute Gasteiger partial charge is 0.211 e. The van der Waals surface area contributed by atoms with Crippen LogP contribution in [0.5, 0.6) is 0 Å². The van der Waals surface area contributed by atoms with Crippen LogP contribution in [0.25, 0.3) is 103 Å². The zero-order chi connectivity index (χ0) is 36.6. The molecule has 3 aromatic heterocycles. The summed E-state index contributed by atoms with van der Waals surface area (Å²) in [5.41, 5.74) is 12.3. The van der Waals surface area contributed by atoms with Crippen molar-refractivity contribution in [2.24, 2.45) is 0 Å². The Hall–Kier alpha value is -7.86. The topological polar surface area (TPSA) is 23.5 Å². The van der Waals surface area contributed by atoms with Crippen LogP contribution in [0.15, 0.2) is 176 Å². The molecule has 0 N–H and O–H groups in total. The van der Waals surface area contributed by atoms with Crippen molar-refractivity contribution in [3.05, 3.63) is 199 Å². The Balaban J connectivity index is 1.15.